The van der Waals surface area contributed by atoms with Crippen LogP contribution in [0, 0.1) is 17.3 Å². The van der Waals surface area contributed by atoms with Gasteiger partial charge in [0, 0.05) is 0 Å². The molecule has 18 heavy (non-hydrogen) atoms. The van der Waals surface area contributed by atoms with Gasteiger partial charge in [-0.1, -0.05) is 32.4 Å². The highest BCUT2D eigenvalue weighted by atomic mass is 127. The van der Waals surface area contributed by atoms with Crippen molar-refractivity contribution < 1.29 is 0 Å². The maximum absolute atomic E-state index is 2.51. The molecular weight excluding hydrogens is 446 g/mol. The predicted octanol–water partition coefficient (Wildman–Crippen LogP) is 6.42. The number of rotatable bonds is 2. The molecule has 0 saturated heterocycles. The van der Waals surface area contributed by atoms with Crippen LogP contribution in [0.4, 0.5) is 0 Å². The van der Waals surface area contributed by atoms with Crippen LogP contribution in [0.2, 0.25) is 0 Å². The smallest absolute Gasteiger partial charge is 0.00665 e. The number of hydrogen-bond acceptors (Lipinski definition) is 0. The lowest BCUT2D eigenvalue weighted by Crippen LogP contribution is -2.24. The first-order valence-electron chi connectivity index (χ1n) is 6.78. The van der Waals surface area contributed by atoms with E-state index in [-0.39, 0.29) is 0 Å². The van der Waals surface area contributed by atoms with E-state index in [4.69, 9.17) is 0 Å². The molecule has 2 atom stereocenters. The van der Waals surface area contributed by atoms with Crippen LogP contribution in [-0.4, -0.2) is 0 Å². The van der Waals surface area contributed by atoms with E-state index in [2.05, 4.69) is 85.0 Å². The van der Waals surface area contributed by atoms with Gasteiger partial charge in [-0.2, -0.15) is 0 Å². The molecular formula is C16H22I2. The summed E-state index contributed by atoms with van der Waals surface area (Å²) in [6.07, 6.45) is 8.52. The van der Waals surface area contributed by atoms with Crippen molar-refractivity contribution in [2.24, 2.45) is 17.3 Å². The van der Waals surface area contributed by atoms with Gasteiger partial charge in [-0.3, -0.25) is 0 Å². The fourth-order valence-corrected chi connectivity index (χ4v) is 4.67. The van der Waals surface area contributed by atoms with Gasteiger partial charge in [-0.25, -0.2) is 0 Å². The fraction of sp³-hybridized carbons (Fsp3) is 0.625. The first-order chi connectivity index (χ1) is 8.37. The van der Waals surface area contributed by atoms with Gasteiger partial charge in [0.15, 0.2) is 0 Å². The Morgan fingerprint density at radius 3 is 2.72 bits per heavy atom. The molecule has 0 aromatic rings. The molecule has 2 unspecified atom stereocenters. The van der Waals surface area contributed by atoms with Gasteiger partial charge in [0.05, 0.1) is 0 Å². The van der Waals surface area contributed by atoms with Crippen LogP contribution in [0.25, 0.3) is 0 Å². The third-order valence-electron chi connectivity index (χ3n) is 4.78. The number of hydrogen-bond donors (Lipinski definition) is 0. The maximum Gasteiger partial charge on any atom is -0.00665 e. The monoisotopic (exact) mass is 468 g/mol. The van der Waals surface area contributed by atoms with Crippen LogP contribution >= 0.6 is 45.2 Å². The van der Waals surface area contributed by atoms with Crippen molar-refractivity contribution in [2.45, 2.75) is 47.0 Å². The lowest BCUT2D eigenvalue weighted by Gasteiger charge is -2.32. The standard InChI is InChI=1S/C16H22I2/c1-5-11(17)8-14-10(2)13-7-6-12(18)9-15(13)16(14,3)4/h5,9-10,14H,6-8H2,1-4H3/b11-5+. The fourth-order valence-electron chi connectivity index (χ4n) is 3.61. The molecule has 0 aromatic carbocycles. The zero-order valence-electron chi connectivity index (χ0n) is 11.7. The topological polar surface area (TPSA) is 0 Å². The number of halogens is 2. The molecule has 2 rings (SSSR count). The minimum Gasteiger partial charge on any atom is -0.0783 e. The molecule has 0 aromatic heterocycles. The van der Waals surface area contributed by atoms with Crippen LogP contribution in [0.3, 0.4) is 0 Å². The molecule has 0 aliphatic heterocycles. The Labute approximate surface area is 139 Å². The van der Waals surface area contributed by atoms with Gasteiger partial charge in [0.1, 0.15) is 0 Å². The molecule has 0 N–H and O–H groups in total. The van der Waals surface area contributed by atoms with Crippen LogP contribution in [0.15, 0.2) is 30.5 Å². The summed E-state index contributed by atoms with van der Waals surface area (Å²) >= 11 is 5.02. The Morgan fingerprint density at radius 2 is 2.11 bits per heavy atom. The molecule has 2 heteroatoms. The summed E-state index contributed by atoms with van der Waals surface area (Å²) in [6, 6.07) is 0. The zero-order chi connectivity index (χ0) is 13.5. The Bertz CT molecular complexity index is 438. The van der Waals surface area contributed by atoms with Crippen molar-refractivity contribution in [1.29, 1.82) is 0 Å². The van der Waals surface area contributed by atoms with Crippen molar-refractivity contribution in [3.63, 3.8) is 0 Å². The second-order valence-electron chi connectivity index (χ2n) is 6.09. The highest BCUT2D eigenvalue weighted by molar-refractivity contribution is 14.1. The first-order valence-corrected chi connectivity index (χ1v) is 8.94. The third-order valence-corrected chi connectivity index (χ3v) is 6.70. The summed E-state index contributed by atoms with van der Waals surface area (Å²) in [5.74, 6) is 1.52. The average molecular weight is 468 g/mol. The van der Waals surface area contributed by atoms with Gasteiger partial charge in [-0.05, 0) is 107 Å². The minimum atomic E-state index is 0.338. The molecule has 0 bridgehead atoms. The molecule has 0 radical (unpaired) electrons. The Balaban J connectivity index is 2.34. The Kier molecular flexibility index (Phi) is 4.68. The normalized spacial score (nSPS) is 31.4. The largest absolute Gasteiger partial charge is 0.0783 e. The molecule has 2 aliphatic rings. The predicted molar refractivity (Wildman–Crippen MR) is 97.2 cm³/mol. The maximum atomic E-state index is 2.51. The van der Waals surface area contributed by atoms with Crippen molar-refractivity contribution >= 4 is 45.2 Å². The van der Waals surface area contributed by atoms with Crippen molar-refractivity contribution in [1.82, 2.24) is 0 Å². The lowest BCUT2D eigenvalue weighted by molar-refractivity contribution is 0.247. The lowest BCUT2D eigenvalue weighted by atomic mass is 9.73. The van der Waals surface area contributed by atoms with Crippen molar-refractivity contribution in [3.05, 3.63) is 30.5 Å². The van der Waals surface area contributed by atoms with E-state index in [0.717, 1.165) is 11.8 Å². The molecule has 2 aliphatic carbocycles. The SMILES string of the molecule is C/C=C(/I)CC1C(C)C2=C(C=C(I)CC2)C1(C)C. The van der Waals surface area contributed by atoms with E-state index in [0.29, 0.717) is 5.41 Å². The van der Waals surface area contributed by atoms with E-state index >= 15 is 0 Å². The molecule has 100 valence electrons. The van der Waals surface area contributed by atoms with Gasteiger partial charge in [-0.15, -0.1) is 0 Å². The van der Waals surface area contributed by atoms with E-state index < -0.39 is 0 Å². The molecule has 0 saturated carbocycles. The molecule has 0 amide bonds. The van der Waals surface area contributed by atoms with Gasteiger partial charge >= 0.3 is 0 Å². The Hall–Kier alpha value is 0.680. The molecule has 0 fully saturated rings. The summed E-state index contributed by atoms with van der Waals surface area (Å²) in [4.78, 5) is 0. The van der Waals surface area contributed by atoms with Crippen molar-refractivity contribution in [3.8, 4) is 0 Å². The second-order valence-corrected chi connectivity index (χ2v) is 8.86. The summed E-state index contributed by atoms with van der Waals surface area (Å²) in [5.41, 5.74) is 3.73. The average Bonchev–Trinajstić information content (AvgIpc) is 2.50. The van der Waals surface area contributed by atoms with E-state index in [1.165, 1.54) is 26.4 Å². The van der Waals surface area contributed by atoms with E-state index in [9.17, 15) is 0 Å². The Morgan fingerprint density at radius 1 is 1.44 bits per heavy atom. The first kappa shape index (κ1) is 15.1. The van der Waals surface area contributed by atoms with Gasteiger partial charge in [0.25, 0.3) is 0 Å². The summed E-state index contributed by atoms with van der Waals surface area (Å²) < 4.78 is 3.05. The van der Waals surface area contributed by atoms with Crippen LogP contribution in [0.1, 0.15) is 47.0 Å². The van der Waals surface area contributed by atoms with Crippen molar-refractivity contribution in [2.75, 3.05) is 0 Å². The summed E-state index contributed by atoms with van der Waals surface area (Å²) in [6.45, 7) is 9.49. The molecule has 0 nitrogen and oxygen atoms in total. The second kappa shape index (κ2) is 5.58. The molecule has 0 spiro atoms. The van der Waals surface area contributed by atoms with E-state index in [1.807, 2.05) is 0 Å². The van der Waals surface area contributed by atoms with Crippen LogP contribution in [0.5, 0.6) is 0 Å². The van der Waals surface area contributed by atoms with E-state index in [1.54, 1.807) is 11.1 Å². The highest BCUT2D eigenvalue weighted by Crippen LogP contribution is 2.56. The summed E-state index contributed by atoms with van der Waals surface area (Å²) in [7, 11) is 0. The third kappa shape index (κ3) is 2.60. The van der Waals surface area contributed by atoms with Gasteiger partial charge < -0.3 is 0 Å². The van der Waals surface area contributed by atoms with Crippen LogP contribution < -0.4 is 0 Å². The highest BCUT2D eigenvalue weighted by Gasteiger charge is 2.45. The minimum absolute atomic E-state index is 0.338. The summed E-state index contributed by atoms with van der Waals surface area (Å²) in [5, 5.41) is 0. The number of allylic oxidation sites excluding steroid dienone is 6. The van der Waals surface area contributed by atoms with Gasteiger partial charge in [0.2, 0.25) is 0 Å². The quantitative estimate of drug-likeness (QED) is 0.411. The zero-order valence-corrected chi connectivity index (χ0v) is 16.0. The molecule has 0 heterocycles. The van der Waals surface area contributed by atoms with Crippen LogP contribution in [-0.2, 0) is 0 Å².